The van der Waals surface area contributed by atoms with Crippen molar-refractivity contribution in [2.24, 2.45) is 11.8 Å². The van der Waals surface area contributed by atoms with Crippen molar-refractivity contribution in [2.75, 3.05) is 6.54 Å². The quantitative estimate of drug-likeness (QED) is 0.680. The molecule has 0 bridgehead atoms. The second kappa shape index (κ2) is 3.45. The van der Waals surface area contributed by atoms with Crippen molar-refractivity contribution in [1.82, 2.24) is 5.32 Å². The average Bonchev–Trinajstić information content (AvgIpc) is 2.52. The fraction of sp³-hybridized carbons (Fsp3) is 0.900. The number of nitrogens with zero attached hydrogens (tertiary/aromatic N) is 1. The second-order valence-corrected chi connectivity index (χ2v) is 4.15. The Labute approximate surface area is 75.0 Å². The Morgan fingerprint density at radius 3 is 2.42 bits per heavy atom. The molecular weight excluding hydrogens is 148 g/mol. The van der Waals surface area contributed by atoms with Crippen LogP contribution in [0, 0.1) is 23.2 Å². The number of nitrogens with one attached hydrogen (secondary N) is 1. The lowest BCUT2D eigenvalue weighted by Gasteiger charge is -2.31. The van der Waals surface area contributed by atoms with Crippen LogP contribution in [0.1, 0.15) is 33.6 Å². The molecule has 1 rings (SSSR count). The maximum absolute atomic E-state index is 9.12. The Kier molecular flexibility index (Phi) is 2.74. The summed E-state index contributed by atoms with van der Waals surface area (Å²) in [5.41, 5.74) is -0.228. The summed E-state index contributed by atoms with van der Waals surface area (Å²) in [6.45, 7) is 7.55. The lowest BCUT2D eigenvalue weighted by atomic mass is 9.78. The van der Waals surface area contributed by atoms with Crippen LogP contribution in [0.15, 0.2) is 0 Å². The molecule has 2 nitrogen and oxygen atoms in total. The molecule has 0 spiro atoms. The molecule has 1 saturated heterocycles. The summed E-state index contributed by atoms with van der Waals surface area (Å²) in [6.07, 6.45) is 2.16. The third-order valence-corrected chi connectivity index (χ3v) is 3.17. The Morgan fingerprint density at radius 1 is 1.42 bits per heavy atom. The van der Waals surface area contributed by atoms with Gasteiger partial charge in [-0.2, -0.15) is 5.26 Å². The van der Waals surface area contributed by atoms with E-state index in [-0.39, 0.29) is 5.54 Å². The van der Waals surface area contributed by atoms with Gasteiger partial charge >= 0.3 is 0 Å². The van der Waals surface area contributed by atoms with E-state index in [1.165, 1.54) is 0 Å². The van der Waals surface area contributed by atoms with E-state index >= 15 is 0 Å². The largest absolute Gasteiger partial charge is 0.299 e. The second-order valence-electron chi connectivity index (χ2n) is 4.15. The maximum Gasteiger partial charge on any atom is 0.109 e. The van der Waals surface area contributed by atoms with E-state index in [4.69, 9.17) is 5.26 Å². The zero-order valence-corrected chi connectivity index (χ0v) is 8.22. The first-order valence-corrected chi connectivity index (χ1v) is 4.78. The van der Waals surface area contributed by atoms with Crippen molar-refractivity contribution in [3.8, 4) is 6.07 Å². The summed E-state index contributed by atoms with van der Waals surface area (Å²) in [4.78, 5) is 0. The van der Waals surface area contributed by atoms with Crippen molar-refractivity contribution in [1.29, 1.82) is 5.26 Å². The van der Waals surface area contributed by atoms with Gasteiger partial charge in [0.15, 0.2) is 0 Å². The highest BCUT2D eigenvalue weighted by Crippen LogP contribution is 2.31. The van der Waals surface area contributed by atoms with E-state index in [1.807, 2.05) is 0 Å². The van der Waals surface area contributed by atoms with Gasteiger partial charge < -0.3 is 0 Å². The van der Waals surface area contributed by atoms with Gasteiger partial charge in [-0.05, 0) is 31.2 Å². The summed E-state index contributed by atoms with van der Waals surface area (Å²) in [7, 11) is 0. The first-order valence-electron chi connectivity index (χ1n) is 4.78. The minimum atomic E-state index is -0.228. The van der Waals surface area contributed by atoms with Crippen LogP contribution in [-0.4, -0.2) is 12.1 Å². The molecule has 2 unspecified atom stereocenters. The molecule has 2 heteroatoms. The monoisotopic (exact) mass is 166 g/mol. The summed E-state index contributed by atoms with van der Waals surface area (Å²) in [5, 5.41) is 12.5. The highest BCUT2D eigenvalue weighted by Gasteiger charge is 2.40. The standard InChI is InChI=1S/C10H18N2/c1-8(2)9(3)10(7-11)5-4-6-12-10/h8-9,12H,4-6H2,1-3H3. The predicted octanol–water partition coefficient (Wildman–Crippen LogP) is 1.92. The molecule has 0 saturated carbocycles. The van der Waals surface area contributed by atoms with Gasteiger partial charge in [0, 0.05) is 0 Å². The van der Waals surface area contributed by atoms with Crippen LogP contribution in [0.4, 0.5) is 0 Å². The smallest absolute Gasteiger partial charge is 0.109 e. The minimum Gasteiger partial charge on any atom is -0.299 e. The van der Waals surface area contributed by atoms with Crippen molar-refractivity contribution < 1.29 is 0 Å². The third-order valence-electron chi connectivity index (χ3n) is 3.17. The molecule has 1 aliphatic heterocycles. The molecule has 0 radical (unpaired) electrons. The molecule has 0 aliphatic carbocycles. The molecule has 0 amide bonds. The number of hydrogen-bond acceptors (Lipinski definition) is 2. The van der Waals surface area contributed by atoms with Gasteiger partial charge in [-0.3, -0.25) is 5.32 Å². The van der Waals surface area contributed by atoms with Gasteiger partial charge in [-0.1, -0.05) is 20.8 Å². The summed E-state index contributed by atoms with van der Waals surface area (Å²) < 4.78 is 0. The molecule has 0 aromatic carbocycles. The molecule has 2 atom stereocenters. The Balaban J connectivity index is 2.74. The van der Waals surface area contributed by atoms with Crippen molar-refractivity contribution in [2.45, 2.75) is 39.2 Å². The minimum absolute atomic E-state index is 0.228. The van der Waals surface area contributed by atoms with E-state index in [1.54, 1.807) is 0 Å². The molecular formula is C10H18N2. The molecule has 1 aliphatic rings. The molecule has 1 fully saturated rings. The van der Waals surface area contributed by atoms with Gasteiger partial charge in [0.05, 0.1) is 6.07 Å². The van der Waals surface area contributed by atoms with E-state index in [2.05, 4.69) is 32.2 Å². The maximum atomic E-state index is 9.12. The molecule has 1 heterocycles. The fourth-order valence-corrected chi connectivity index (χ4v) is 1.92. The zero-order chi connectivity index (χ0) is 9.19. The van der Waals surface area contributed by atoms with Gasteiger partial charge in [0.2, 0.25) is 0 Å². The van der Waals surface area contributed by atoms with E-state index in [9.17, 15) is 0 Å². The van der Waals surface area contributed by atoms with E-state index < -0.39 is 0 Å². The number of hydrogen-bond donors (Lipinski definition) is 1. The Morgan fingerprint density at radius 2 is 2.08 bits per heavy atom. The van der Waals surface area contributed by atoms with Crippen LogP contribution in [0.3, 0.4) is 0 Å². The van der Waals surface area contributed by atoms with Crippen molar-refractivity contribution in [3.63, 3.8) is 0 Å². The Hall–Kier alpha value is -0.550. The van der Waals surface area contributed by atoms with Crippen LogP contribution in [0.25, 0.3) is 0 Å². The van der Waals surface area contributed by atoms with Gasteiger partial charge in [0.1, 0.15) is 5.54 Å². The highest BCUT2D eigenvalue weighted by molar-refractivity contribution is 5.13. The first kappa shape index (κ1) is 9.54. The van der Waals surface area contributed by atoms with Gasteiger partial charge in [-0.25, -0.2) is 0 Å². The topological polar surface area (TPSA) is 35.8 Å². The average molecular weight is 166 g/mol. The van der Waals surface area contributed by atoms with Crippen molar-refractivity contribution in [3.05, 3.63) is 0 Å². The number of nitriles is 1. The molecule has 68 valence electrons. The van der Waals surface area contributed by atoms with Gasteiger partial charge in [0.25, 0.3) is 0 Å². The fourth-order valence-electron chi connectivity index (χ4n) is 1.92. The summed E-state index contributed by atoms with van der Waals surface area (Å²) in [5.74, 6) is 1.03. The van der Waals surface area contributed by atoms with Crippen molar-refractivity contribution >= 4 is 0 Å². The molecule has 1 N–H and O–H groups in total. The SMILES string of the molecule is CC(C)C(C)C1(C#N)CCCN1. The molecule has 0 aromatic rings. The van der Waals surface area contributed by atoms with E-state index in [0.717, 1.165) is 19.4 Å². The van der Waals surface area contributed by atoms with Crippen LogP contribution < -0.4 is 5.32 Å². The number of rotatable bonds is 2. The molecule has 12 heavy (non-hydrogen) atoms. The van der Waals surface area contributed by atoms with Crippen LogP contribution in [0.5, 0.6) is 0 Å². The third kappa shape index (κ3) is 1.47. The zero-order valence-electron chi connectivity index (χ0n) is 8.22. The van der Waals surface area contributed by atoms with Gasteiger partial charge in [-0.15, -0.1) is 0 Å². The summed E-state index contributed by atoms with van der Waals surface area (Å²) in [6, 6.07) is 2.45. The highest BCUT2D eigenvalue weighted by atomic mass is 15.0. The van der Waals surface area contributed by atoms with Crippen LogP contribution in [-0.2, 0) is 0 Å². The van der Waals surface area contributed by atoms with Crippen LogP contribution >= 0.6 is 0 Å². The summed E-state index contributed by atoms with van der Waals surface area (Å²) >= 11 is 0. The normalized spacial score (nSPS) is 31.9. The Bertz CT molecular complexity index is 185. The first-order chi connectivity index (χ1) is 5.62. The van der Waals surface area contributed by atoms with E-state index in [0.29, 0.717) is 11.8 Å². The predicted molar refractivity (Wildman–Crippen MR) is 49.6 cm³/mol. The lowest BCUT2D eigenvalue weighted by molar-refractivity contribution is 0.258. The lowest BCUT2D eigenvalue weighted by Crippen LogP contribution is -2.46. The van der Waals surface area contributed by atoms with Crippen LogP contribution in [0.2, 0.25) is 0 Å². The molecule has 0 aromatic heterocycles.